The molecule has 0 saturated heterocycles. The molecule has 4 N–H and O–H groups in total. The maximum absolute atomic E-state index is 11.4. The molecule has 0 aromatic rings. The molecule has 0 fully saturated rings. The van der Waals surface area contributed by atoms with Gasteiger partial charge >= 0.3 is 11.9 Å². The van der Waals surface area contributed by atoms with E-state index in [2.05, 4.69) is 10.6 Å². The van der Waals surface area contributed by atoms with Crippen molar-refractivity contribution in [2.75, 3.05) is 0 Å². The third-order valence-electron chi connectivity index (χ3n) is 2.36. The molecule has 0 aromatic carbocycles. The van der Waals surface area contributed by atoms with E-state index in [1.807, 2.05) is 0 Å². The van der Waals surface area contributed by atoms with Crippen LogP contribution < -0.4 is 10.6 Å². The third kappa shape index (κ3) is 7.02. The Kier molecular flexibility index (Phi) is 7.16. The van der Waals surface area contributed by atoms with Crippen molar-refractivity contribution in [1.82, 2.24) is 10.6 Å². The van der Waals surface area contributed by atoms with E-state index < -0.39 is 35.8 Å². The number of carboxylic acids is 2. The second kappa shape index (κ2) is 8.06. The molecule has 0 radical (unpaired) electrons. The van der Waals surface area contributed by atoms with Gasteiger partial charge in [-0.2, -0.15) is 0 Å². The molecule has 2 unspecified atom stereocenters. The van der Waals surface area contributed by atoms with E-state index in [0.29, 0.717) is 0 Å². The van der Waals surface area contributed by atoms with Crippen molar-refractivity contribution >= 4 is 23.8 Å². The number of hydrogen-bond donors (Lipinski definition) is 4. The first-order valence-electron chi connectivity index (χ1n) is 5.82. The summed E-state index contributed by atoms with van der Waals surface area (Å²) in [6.07, 6.45) is -0.135. The minimum atomic E-state index is -1.24. The molecule has 0 aromatic heterocycles. The molecule has 0 bridgehead atoms. The summed E-state index contributed by atoms with van der Waals surface area (Å²) in [6, 6.07) is -2.20. The minimum Gasteiger partial charge on any atom is -0.480 e. The average Bonchev–Trinajstić information content (AvgIpc) is 2.33. The maximum atomic E-state index is 11.4. The topological polar surface area (TPSA) is 133 Å². The predicted molar refractivity (Wildman–Crippen MR) is 64.3 cm³/mol. The van der Waals surface area contributed by atoms with Gasteiger partial charge in [0.15, 0.2) is 0 Å². The van der Waals surface area contributed by atoms with Gasteiger partial charge in [-0.15, -0.1) is 0 Å². The van der Waals surface area contributed by atoms with E-state index in [1.54, 1.807) is 6.92 Å². The van der Waals surface area contributed by atoms with Crippen LogP contribution in [0, 0.1) is 0 Å². The summed E-state index contributed by atoms with van der Waals surface area (Å²) < 4.78 is 0. The van der Waals surface area contributed by atoms with E-state index in [0.717, 1.165) is 0 Å². The standard InChI is InChI=1S/C11H18N2O6/c1-3-8(14)13-7(11(18)19)4-5-9(15)12-6(2)10(16)17/h6-7H,3-5H2,1-2H3,(H,12,15)(H,13,14)(H,16,17)(H,18,19). The van der Waals surface area contributed by atoms with Crippen molar-refractivity contribution in [3.05, 3.63) is 0 Å². The van der Waals surface area contributed by atoms with E-state index in [1.165, 1.54) is 6.92 Å². The second-order valence-corrected chi connectivity index (χ2v) is 3.98. The fraction of sp³-hybridized carbons (Fsp3) is 0.636. The molecule has 19 heavy (non-hydrogen) atoms. The molecule has 0 aliphatic rings. The molecule has 8 nitrogen and oxygen atoms in total. The molecule has 0 saturated carbocycles. The Morgan fingerprint density at radius 2 is 1.58 bits per heavy atom. The van der Waals surface area contributed by atoms with E-state index >= 15 is 0 Å². The SMILES string of the molecule is CCC(=O)NC(CCC(=O)NC(C)C(=O)O)C(=O)O. The van der Waals surface area contributed by atoms with Crippen LogP contribution in [0.15, 0.2) is 0 Å². The monoisotopic (exact) mass is 274 g/mol. The van der Waals surface area contributed by atoms with Crippen LogP contribution in [0.3, 0.4) is 0 Å². The molecule has 0 aliphatic heterocycles. The Labute approximate surface area is 110 Å². The van der Waals surface area contributed by atoms with Gasteiger partial charge in [0.05, 0.1) is 0 Å². The van der Waals surface area contributed by atoms with Crippen LogP contribution in [-0.2, 0) is 19.2 Å². The fourth-order valence-electron chi connectivity index (χ4n) is 1.20. The fourth-order valence-corrected chi connectivity index (χ4v) is 1.20. The van der Waals surface area contributed by atoms with E-state index in [-0.39, 0.29) is 19.3 Å². The van der Waals surface area contributed by atoms with Gasteiger partial charge in [0.2, 0.25) is 11.8 Å². The summed E-state index contributed by atoms with van der Waals surface area (Å²) in [5, 5.41) is 21.9. The zero-order chi connectivity index (χ0) is 15.0. The highest BCUT2D eigenvalue weighted by Crippen LogP contribution is 1.99. The van der Waals surface area contributed by atoms with Gasteiger partial charge in [-0.3, -0.25) is 14.4 Å². The molecule has 0 heterocycles. The highest BCUT2D eigenvalue weighted by molar-refractivity contribution is 5.85. The lowest BCUT2D eigenvalue weighted by Crippen LogP contribution is -2.42. The predicted octanol–water partition coefficient (Wildman–Crippen LogP) is -0.665. The number of carbonyl (C=O) groups excluding carboxylic acids is 2. The number of carboxylic acid groups (broad SMARTS) is 2. The van der Waals surface area contributed by atoms with Gasteiger partial charge in [-0.05, 0) is 13.3 Å². The van der Waals surface area contributed by atoms with Crippen molar-refractivity contribution in [2.24, 2.45) is 0 Å². The molecule has 2 atom stereocenters. The highest BCUT2D eigenvalue weighted by Gasteiger charge is 2.21. The van der Waals surface area contributed by atoms with Crippen molar-refractivity contribution < 1.29 is 29.4 Å². The lowest BCUT2D eigenvalue weighted by atomic mass is 10.1. The summed E-state index contributed by atoms with van der Waals surface area (Å²) >= 11 is 0. The maximum Gasteiger partial charge on any atom is 0.326 e. The first-order valence-corrected chi connectivity index (χ1v) is 5.82. The first kappa shape index (κ1) is 16.9. The van der Waals surface area contributed by atoms with Crippen LogP contribution in [0.4, 0.5) is 0 Å². The van der Waals surface area contributed by atoms with E-state index in [9.17, 15) is 19.2 Å². The van der Waals surface area contributed by atoms with Gasteiger partial charge in [-0.25, -0.2) is 4.79 Å². The number of carbonyl (C=O) groups is 4. The summed E-state index contributed by atoms with van der Waals surface area (Å²) in [4.78, 5) is 43.8. The van der Waals surface area contributed by atoms with Crippen molar-refractivity contribution in [3.8, 4) is 0 Å². The molecule has 108 valence electrons. The van der Waals surface area contributed by atoms with Crippen LogP contribution in [0.1, 0.15) is 33.1 Å². The van der Waals surface area contributed by atoms with Gasteiger partial charge in [0, 0.05) is 12.8 Å². The molecular weight excluding hydrogens is 256 g/mol. The third-order valence-corrected chi connectivity index (χ3v) is 2.36. The quantitative estimate of drug-likeness (QED) is 0.464. The molecule has 0 spiro atoms. The smallest absolute Gasteiger partial charge is 0.326 e. The van der Waals surface area contributed by atoms with Gasteiger partial charge in [0.1, 0.15) is 12.1 Å². The summed E-state index contributed by atoms with van der Waals surface area (Å²) in [6.45, 7) is 2.88. The number of rotatable bonds is 8. The number of hydrogen-bond acceptors (Lipinski definition) is 4. The summed E-state index contributed by atoms with van der Waals surface area (Å²) in [5.74, 6) is -3.41. The van der Waals surface area contributed by atoms with Crippen LogP contribution in [-0.4, -0.2) is 46.0 Å². The van der Waals surface area contributed by atoms with E-state index in [4.69, 9.17) is 10.2 Å². The van der Waals surface area contributed by atoms with Crippen molar-refractivity contribution in [2.45, 2.75) is 45.2 Å². The summed E-state index contributed by atoms with van der Waals surface area (Å²) in [7, 11) is 0. The first-order chi connectivity index (χ1) is 8.77. The number of amides is 2. The van der Waals surface area contributed by atoms with Gasteiger partial charge in [0.25, 0.3) is 0 Å². The molecular formula is C11H18N2O6. The zero-order valence-electron chi connectivity index (χ0n) is 10.8. The lowest BCUT2D eigenvalue weighted by Gasteiger charge is -2.14. The van der Waals surface area contributed by atoms with Crippen LogP contribution in [0.5, 0.6) is 0 Å². The zero-order valence-corrected chi connectivity index (χ0v) is 10.8. The van der Waals surface area contributed by atoms with Gasteiger partial charge < -0.3 is 20.8 Å². The van der Waals surface area contributed by atoms with Crippen molar-refractivity contribution in [1.29, 1.82) is 0 Å². The van der Waals surface area contributed by atoms with Crippen LogP contribution >= 0.6 is 0 Å². The Balaban J connectivity index is 4.25. The van der Waals surface area contributed by atoms with Crippen LogP contribution in [0.2, 0.25) is 0 Å². The molecule has 8 heteroatoms. The lowest BCUT2D eigenvalue weighted by molar-refractivity contribution is -0.143. The number of aliphatic carboxylic acids is 2. The average molecular weight is 274 g/mol. The molecule has 2 amide bonds. The highest BCUT2D eigenvalue weighted by atomic mass is 16.4. The number of nitrogens with one attached hydrogen (secondary N) is 2. The largest absolute Gasteiger partial charge is 0.480 e. The minimum absolute atomic E-state index is 0.0980. The Bertz CT molecular complexity index is 368. The normalized spacial score (nSPS) is 13.2. The Morgan fingerprint density at radius 3 is 2.00 bits per heavy atom. The Hall–Kier alpha value is -2.12. The van der Waals surface area contributed by atoms with Gasteiger partial charge in [-0.1, -0.05) is 6.92 Å². The molecule has 0 rings (SSSR count). The molecule has 0 aliphatic carbocycles. The van der Waals surface area contributed by atoms with Crippen LogP contribution in [0.25, 0.3) is 0 Å². The second-order valence-electron chi connectivity index (χ2n) is 3.98. The van der Waals surface area contributed by atoms with Crippen molar-refractivity contribution in [3.63, 3.8) is 0 Å². The Morgan fingerprint density at radius 1 is 1.00 bits per heavy atom. The summed E-state index contributed by atoms with van der Waals surface area (Å²) in [5.41, 5.74) is 0.